The van der Waals surface area contributed by atoms with Gasteiger partial charge in [-0.1, -0.05) is 19.3 Å². The number of carbonyl (C=O) groups excluding carboxylic acids is 1. The number of aromatic nitrogens is 1. The fourth-order valence-electron chi connectivity index (χ4n) is 5.10. The lowest BCUT2D eigenvalue weighted by molar-refractivity contribution is -0.123. The first-order valence-electron chi connectivity index (χ1n) is 11.7. The average Bonchev–Trinajstić information content (AvgIpc) is 2.74. The molecule has 3 aliphatic rings. The molecule has 31 heavy (non-hydrogen) atoms. The maximum atomic E-state index is 12.5. The van der Waals surface area contributed by atoms with Gasteiger partial charge in [0.2, 0.25) is 5.91 Å². The van der Waals surface area contributed by atoms with Crippen molar-refractivity contribution in [2.24, 2.45) is 0 Å². The summed E-state index contributed by atoms with van der Waals surface area (Å²) in [5.41, 5.74) is 3.54. The molecule has 0 unspecified atom stereocenters. The van der Waals surface area contributed by atoms with Crippen LogP contribution in [0.4, 0.5) is 5.82 Å². The largest absolute Gasteiger partial charge is 0.370 e. The zero-order valence-corrected chi connectivity index (χ0v) is 19.2. The number of nitrogens with one attached hydrogen (secondary N) is 1. The van der Waals surface area contributed by atoms with E-state index in [9.17, 15) is 10.1 Å². The van der Waals surface area contributed by atoms with Gasteiger partial charge < -0.3 is 15.0 Å². The number of hydrogen-bond donors (Lipinski definition) is 1. The topological polar surface area (TPSA) is 81.5 Å². The Morgan fingerprint density at radius 3 is 2.58 bits per heavy atom. The molecule has 0 spiro atoms. The number of ether oxygens (including phenoxy) is 1. The average molecular weight is 426 g/mol. The number of nitriles is 1. The summed E-state index contributed by atoms with van der Waals surface area (Å²) in [7, 11) is 0. The Bertz CT molecular complexity index is 862. The van der Waals surface area contributed by atoms with E-state index in [1.165, 1.54) is 19.3 Å². The van der Waals surface area contributed by atoms with Crippen molar-refractivity contribution in [2.75, 3.05) is 37.6 Å². The molecule has 7 nitrogen and oxygen atoms in total. The molecule has 1 aliphatic carbocycles. The van der Waals surface area contributed by atoms with Crippen LogP contribution in [0.1, 0.15) is 68.3 Å². The Hall–Kier alpha value is -2.17. The van der Waals surface area contributed by atoms with Gasteiger partial charge in [0.1, 0.15) is 11.9 Å². The van der Waals surface area contributed by atoms with Gasteiger partial charge in [-0.15, -0.1) is 0 Å². The van der Waals surface area contributed by atoms with E-state index in [0.717, 1.165) is 68.1 Å². The van der Waals surface area contributed by atoms with Gasteiger partial charge >= 0.3 is 0 Å². The highest BCUT2D eigenvalue weighted by Crippen LogP contribution is 2.35. The molecule has 0 aromatic carbocycles. The summed E-state index contributed by atoms with van der Waals surface area (Å²) >= 11 is 0. The molecule has 0 atom stereocenters. The summed E-state index contributed by atoms with van der Waals surface area (Å²) < 4.78 is 5.96. The fourth-order valence-corrected chi connectivity index (χ4v) is 5.10. The predicted octanol–water partition coefficient (Wildman–Crippen LogP) is 2.68. The highest BCUT2D eigenvalue weighted by atomic mass is 16.5. The lowest BCUT2D eigenvalue weighted by atomic mass is 9.88. The second-order valence-electron chi connectivity index (χ2n) is 9.86. The van der Waals surface area contributed by atoms with Crippen LogP contribution >= 0.6 is 0 Å². The fraction of sp³-hybridized carbons (Fsp3) is 0.708. The molecule has 1 amide bonds. The smallest absolute Gasteiger partial charge is 0.234 e. The first-order chi connectivity index (χ1) is 14.9. The van der Waals surface area contributed by atoms with Gasteiger partial charge in [-0.2, -0.15) is 5.26 Å². The molecule has 0 bridgehead atoms. The Balaban J connectivity index is 1.40. The van der Waals surface area contributed by atoms with Crippen molar-refractivity contribution in [1.82, 2.24) is 15.2 Å². The van der Waals surface area contributed by atoms with Crippen molar-refractivity contribution < 1.29 is 9.53 Å². The summed E-state index contributed by atoms with van der Waals surface area (Å²) in [5, 5.41) is 13.2. The van der Waals surface area contributed by atoms with Crippen LogP contribution in [0.5, 0.6) is 0 Å². The number of piperazine rings is 1. The summed E-state index contributed by atoms with van der Waals surface area (Å²) in [5.74, 6) is 0.936. The Labute approximate surface area is 185 Å². The summed E-state index contributed by atoms with van der Waals surface area (Å²) in [4.78, 5) is 21.7. The number of fused-ring (bicyclic) bond motifs is 1. The van der Waals surface area contributed by atoms with Crippen LogP contribution in [0, 0.1) is 18.3 Å². The molecule has 3 heterocycles. The standard InChI is InChI=1S/C24H35N5O2/c1-17-21-16-31-24(2,3)13-19(21)20(14-25)23(26-17)29-11-9-28(10-12-29)15-22(30)27-18-7-5-4-6-8-18/h18H,4-13,15-16H2,1-3H3,(H,27,30). The minimum Gasteiger partial charge on any atom is -0.370 e. The van der Waals surface area contributed by atoms with E-state index in [0.29, 0.717) is 24.8 Å². The number of pyridine rings is 1. The highest BCUT2D eigenvalue weighted by Gasteiger charge is 2.32. The molecular weight excluding hydrogens is 390 g/mol. The van der Waals surface area contributed by atoms with E-state index < -0.39 is 0 Å². The van der Waals surface area contributed by atoms with Crippen LogP contribution in [0.15, 0.2) is 0 Å². The molecule has 2 aliphatic heterocycles. The van der Waals surface area contributed by atoms with Gasteiger partial charge in [0, 0.05) is 49.9 Å². The number of rotatable bonds is 4. The summed E-state index contributed by atoms with van der Waals surface area (Å²) in [6, 6.07) is 2.80. The lowest BCUT2D eigenvalue weighted by Gasteiger charge is -2.38. The number of nitrogens with zero attached hydrogens (tertiary/aromatic N) is 4. The van der Waals surface area contributed by atoms with Crippen LogP contribution < -0.4 is 10.2 Å². The number of carbonyl (C=O) groups is 1. The molecule has 1 aromatic heterocycles. The van der Waals surface area contributed by atoms with Gasteiger partial charge in [0.05, 0.1) is 24.3 Å². The van der Waals surface area contributed by atoms with E-state index in [1.54, 1.807) is 0 Å². The molecule has 1 N–H and O–H groups in total. The number of amides is 1. The molecule has 1 aromatic rings. The zero-order valence-electron chi connectivity index (χ0n) is 19.2. The van der Waals surface area contributed by atoms with Crippen molar-refractivity contribution in [3.8, 4) is 6.07 Å². The highest BCUT2D eigenvalue weighted by molar-refractivity contribution is 5.78. The SMILES string of the molecule is Cc1nc(N2CCN(CC(=O)NC3CCCCC3)CC2)c(C#N)c2c1COC(C)(C)C2. The zero-order chi connectivity index (χ0) is 22.0. The second kappa shape index (κ2) is 9.13. The van der Waals surface area contributed by atoms with E-state index in [4.69, 9.17) is 9.72 Å². The maximum Gasteiger partial charge on any atom is 0.234 e. The minimum atomic E-state index is -0.270. The van der Waals surface area contributed by atoms with Gasteiger partial charge in [0.15, 0.2) is 0 Å². The van der Waals surface area contributed by atoms with Crippen LogP contribution in [-0.4, -0.2) is 60.2 Å². The van der Waals surface area contributed by atoms with Gasteiger partial charge in [-0.3, -0.25) is 9.69 Å². The van der Waals surface area contributed by atoms with Crippen LogP contribution in [-0.2, 0) is 22.6 Å². The number of anilines is 1. The van der Waals surface area contributed by atoms with Gasteiger partial charge in [0.25, 0.3) is 0 Å². The molecular formula is C24H35N5O2. The second-order valence-corrected chi connectivity index (χ2v) is 9.86. The summed E-state index contributed by atoms with van der Waals surface area (Å²) in [6.07, 6.45) is 6.69. The molecule has 7 heteroatoms. The van der Waals surface area contributed by atoms with Crippen molar-refractivity contribution in [2.45, 2.75) is 77.5 Å². The van der Waals surface area contributed by atoms with Gasteiger partial charge in [-0.25, -0.2) is 4.98 Å². The quantitative estimate of drug-likeness (QED) is 0.799. The third-order valence-corrected chi connectivity index (χ3v) is 6.93. The van der Waals surface area contributed by atoms with E-state index in [1.807, 2.05) is 6.92 Å². The van der Waals surface area contributed by atoms with Crippen LogP contribution in [0.2, 0.25) is 0 Å². The lowest BCUT2D eigenvalue weighted by Crippen LogP contribution is -2.51. The Kier molecular flexibility index (Phi) is 6.49. The van der Waals surface area contributed by atoms with E-state index >= 15 is 0 Å². The molecule has 168 valence electrons. The van der Waals surface area contributed by atoms with Gasteiger partial charge in [-0.05, 0) is 39.2 Å². The molecule has 2 fully saturated rings. The van der Waals surface area contributed by atoms with E-state index in [2.05, 4.69) is 35.0 Å². The first kappa shape index (κ1) is 22.0. The normalized spacial score (nSPS) is 21.9. The maximum absolute atomic E-state index is 12.5. The monoisotopic (exact) mass is 425 g/mol. The van der Waals surface area contributed by atoms with Crippen LogP contribution in [0.25, 0.3) is 0 Å². The summed E-state index contributed by atoms with van der Waals surface area (Å²) in [6.45, 7) is 10.3. The third-order valence-electron chi connectivity index (χ3n) is 6.93. The number of aryl methyl sites for hydroxylation is 1. The van der Waals surface area contributed by atoms with Crippen LogP contribution in [0.3, 0.4) is 0 Å². The van der Waals surface area contributed by atoms with E-state index in [-0.39, 0.29) is 11.5 Å². The molecule has 1 saturated heterocycles. The van der Waals surface area contributed by atoms with Crippen molar-refractivity contribution >= 4 is 11.7 Å². The molecule has 4 rings (SSSR count). The number of hydrogen-bond acceptors (Lipinski definition) is 6. The molecule has 1 saturated carbocycles. The Morgan fingerprint density at radius 1 is 1.19 bits per heavy atom. The first-order valence-corrected chi connectivity index (χ1v) is 11.7. The van der Waals surface area contributed by atoms with Crippen molar-refractivity contribution in [3.63, 3.8) is 0 Å². The molecule has 0 radical (unpaired) electrons. The minimum absolute atomic E-state index is 0.142. The Morgan fingerprint density at radius 2 is 1.90 bits per heavy atom. The van der Waals surface area contributed by atoms with Crippen molar-refractivity contribution in [3.05, 3.63) is 22.4 Å². The third kappa shape index (κ3) is 5.02. The van der Waals surface area contributed by atoms with Crippen molar-refractivity contribution in [1.29, 1.82) is 5.26 Å². The predicted molar refractivity (Wildman–Crippen MR) is 120 cm³/mol.